The Morgan fingerprint density at radius 2 is 2.18 bits per heavy atom. The van der Waals surface area contributed by atoms with Gasteiger partial charge in [0.05, 0.1) is 13.3 Å². The van der Waals surface area contributed by atoms with Crippen LogP contribution in [0.1, 0.15) is 19.4 Å². The fourth-order valence-electron chi connectivity index (χ4n) is 1.86. The number of methoxy groups -OCH3 is 1. The van der Waals surface area contributed by atoms with Gasteiger partial charge in [-0.2, -0.15) is 5.10 Å². The first-order valence-electron chi connectivity index (χ1n) is 6.72. The molecule has 1 aromatic carbocycles. The second-order valence-electron chi connectivity index (χ2n) is 4.20. The summed E-state index contributed by atoms with van der Waals surface area (Å²) in [6.45, 7) is 5.93. The van der Waals surface area contributed by atoms with Gasteiger partial charge in [0.1, 0.15) is 5.75 Å². The quantitative estimate of drug-likeness (QED) is 0.335. The van der Waals surface area contributed by atoms with E-state index in [2.05, 4.69) is 29.0 Å². The van der Waals surface area contributed by atoms with Crippen molar-refractivity contribution in [3.05, 3.63) is 33.9 Å². The van der Waals surface area contributed by atoms with Gasteiger partial charge in [-0.15, -0.1) is 5.10 Å². The third-order valence-corrected chi connectivity index (χ3v) is 2.91. The number of nitrogens with zero attached hydrogens (tertiary/aromatic N) is 4. The molecule has 0 saturated carbocycles. The minimum atomic E-state index is -0.812. The van der Waals surface area contributed by atoms with Gasteiger partial charge in [-0.25, -0.2) is 10.1 Å². The molecule has 120 valence electrons. The molecule has 0 aliphatic rings. The number of nitrogens with two attached hydrogens (primary N) is 1. The van der Waals surface area contributed by atoms with Crippen molar-refractivity contribution in [1.29, 1.82) is 0 Å². The van der Waals surface area contributed by atoms with Crippen molar-refractivity contribution >= 4 is 17.9 Å². The highest BCUT2D eigenvalue weighted by Crippen LogP contribution is 2.24. The number of rotatable bonds is 7. The van der Waals surface area contributed by atoms with Crippen molar-refractivity contribution in [2.24, 2.45) is 15.9 Å². The molecule has 9 heteroatoms. The number of anilines is 1. The normalized spacial score (nSPS) is 11.5. The third-order valence-electron chi connectivity index (χ3n) is 2.91. The van der Waals surface area contributed by atoms with Crippen molar-refractivity contribution in [1.82, 2.24) is 5.43 Å². The predicted octanol–water partition coefficient (Wildman–Crippen LogP) is 0.971. The SMILES string of the molecule is CCN(CC)c1ccc(/C=N/N=C(N)N[N+](=O)[O-])c(OC)c1. The third kappa shape index (κ3) is 4.93. The van der Waals surface area contributed by atoms with Crippen LogP contribution in [0, 0.1) is 10.1 Å². The molecule has 0 saturated heterocycles. The maximum absolute atomic E-state index is 10.2. The molecule has 1 aromatic rings. The molecule has 0 aromatic heterocycles. The Hall–Kier alpha value is -2.84. The fraction of sp³-hybridized carbons (Fsp3) is 0.385. The number of guanidine groups is 1. The number of hydrogen-bond donors (Lipinski definition) is 2. The highest BCUT2D eigenvalue weighted by Gasteiger charge is 2.07. The topological polar surface area (TPSA) is 118 Å². The largest absolute Gasteiger partial charge is 0.496 e. The van der Waals surface area contributed by atoms with Crippen LogP contribution in [0.25, 0.3) is 0 Å². The highest BCUT2D eigenvalue weighted by molar-refractivity contribution is 5.85. The summed E-state index contributed by atoms with van der Waals surface area (Å²) in [5.41, 5.74) is 8.68. The summed E-state index contributed by atoms with van der Waals surface area (Å²) in [4.78, 5) is 12.3. The molecule has 0 bridgehead atoms. The first kappa shape index (κ1) is 17.2. The monoisotopic (exact) mass is 308 g/mol. The van der Waals surface area contributed by atoms with Crippen LogP contribution < -0.4 is 20.8 Å². The summed E-state index contributed by atoms with van der Waals surface area (Å²) in [6.07, 6.45) is 1.42. The zero-order valence-corrected chi connectivity index (χ0v) is 12.8. The van der Waals surface area contributed by atoms with E-state index in [9.17, 15) is 10.1 Å². The van der Waals surface area contributed by atoms with Gasteiger partial charge in [0.15, 0.2) is 5.03 Å². The number of benzene rings is 1. The maximum atomic E-state index is 10.2. The van der Waals surface area contributed by atoms with Crippen LogP contribution in [0.2, 0.25) is 0 Å². The molecular weight excluding hydrogens is 288 g/mol. The molecule has 3 N–H and O–H groups in total. The van der Waals surface area contributed by atoms with Gasteiger partial charge in [-0.05, 0) is 26.0 Å². The minimum absolute atomic E-state index is 0.403. The van der Waals surface area contributed by atoms with E-state index in [1.807, 2.05) is 18.2 Å². The second kappa shape index (κ2) is 8.45. The molecule has 9 nitrogen and oxygen atoms in total. The minimum Gasteiger partial charge on any atom is -0.496 e. The summed E-state index contributed by atoms with van der Waals surface area (Å²) in [5, 5.41) is 16.5. The van der Waals surface area contributed by atoms with Crippen molar-refractivity contribution in [2.75, 3.05) is 25.1 Å². The van der Waals surface area contributed by atoms with Gasteiger partial charge < -0.3 is 15.4 Å². The molecule has 1 rings (SSSR count). The van der Waals surface area contributed by atoms with Crippen molar-refractivity contribution < 1.29 is 9.77 Å². The lowest BCUT2D eigenvalue weighted by atomic mass is 10.2. The molecule has 0 radical (unpaired) electrons. The molecule has 0 amide bonds. The Kier molecular flexibility index (Phi) is 6.61. The number of hydrazine groups is 1. The average Bonchev–Trinajstić information content (AvgIpc) is 2.48. The summed E-state index contributed by atoms with van der Waals surface area (Å²) in [7, 11) is 1.56. The fourth-order valence-corrected chi connectivity index (χ4v) is 1.86. The van der Waals surface area contributed by atoms with Crippen LogP contribution in [-0.2, 0) is 0 Å². The van der Waals surface area contributed by atoms with Gasteiger partial charge >= 0.3 is 0 Å². The molecule has 0 spiro atoms. The van der Waals surface area contributed by atoms with Crippen LogP contribution in [0.15, 0.2) is 28.4 Å². The Morgan fingerprint density at radius 3 is 2.73 bits per heavy atom. The van der Waals surface area contributed by atoms with Gasteiger partial charge in [-0.3, -0.25) is 0 Å². The molecule has 0 aliphatic heterocycles. The van der Waals surface area contributed by atoms with Gasteiger partial charge in [-0.1, -0.05) is 5.43 Å². The smallest absolute Gasteiger partial charge is 0.275 e. The van der Waals surface area contributed by atoms with Crippen molar-refractivity contribution in [3.63, 3.8) is 0 Å². The Balaban J connectivity index is 2.94. The van der Waals surface area contributed by atoms with Crippen LogP contribution in [0.5, 0.6) is 5.75 Å². The second-order valence-corrected chi connectivity index (χ2v) is 4.20. The number of nitro groups is 1. The average molecular weight is 308 g/mol. The molecule has 22 heavy (non-hydrogen) atoms. The van der Waals surface area contributed by atoms with Crippen molar-refractivity contribution in [3.8, 4) is 5.75 Å². The number of ether oxygens (including phenoxy) is 1. The number of hydrogen-bond acceptors (Lipinski definition) is 6. The van der Waals surface area contributed by atoms with E-state index < -0.39 is 11.0 Å². The lowest BCUT2D eigenvalue weighted by molar-refractivity contribution is -0.525. The Bertz CT molecular complexity index is 569. The van der Waals surface area contributed by atoms with E-state index in [-0.39, 0.29) is 0 Å². The first-order chi connectivity index (χ1) is 10.5. The van der Waals surface area contributed by atoms with Gasteiger partial charge in [0.25, 0.3) is 5.96 Å². The van der Waals surface area contributed by atoms with Crippen LogP contribution in [0.3, 0.4) is 0 Å². The summed E-state index contributed by atoms with van der Waals surface area (Å²) >= 11 is 0. The van der Waals surface area contributed by atoms with Crippen molar-refractivity contribution in [2.45, 2.75) is 13.8 Å². The maximum Gasteiger partial charge on any atom is 0.275 e. The standard InChI is InChI=1S/C13H20N6O3/c1-4-18(5-2)11-7-6-10(12(8-11)22-3)9-15-16-13(14)17-19(20)21/h6-9H,4-5H2,1-3H3,(H3,14,16,17)/b15-9+. The molecule has 0 fully saturated rings. The van der Waals surface area contributed by atoms with Crippen LogP contribution in [-0.4, -0.2) is 37.4 Å². The molecule has 0 unspecified atom stereocenters. The van der Waals surface area contributed by atoms with Crippen LogP contribution in [0.4, 0.5) is 5.69 Å². The zero-order chi connectivity index (χ0) is 16.5. The van der Waals surface area contributed by atoms with E-state index in [0.717, 1.165) is 18.8 Å². The zero-order valence-electron chi connectivity index (χ0n) is 12.8. The summed E-state index contributed by atoms with van der Waals surface area (Å²) in [5.74, 6) is 0.226. The van der Waals surface area contributed by atoms with Crippen LogP contribution >= 0.6 is 0 Å². The van der Waals surface area contributed by atoms with Gasteiger partial charge in [0, 0.05) is 30.4 Å². The summed E-state index contributed by atoms with van der Waals surface area (Å²) in [6, 6.07) is 5.68. The van der Waals surface area contributed by atoms with Gasteiger partial charge in [0.2, 0.25) is 0 Å². The predicted molar refractivity (Wildman–Crippen MR) is 85.9 cm³/mol. The first-order valence-corrected chi connectivity index (χ1v) is 6.72. The summed E-state index contributed by atoms with van der Waals surface area (Å²) < 4.78 is 5.33. The molecular formula is C13H20N6O3. The van der Waals surface area contributed by atoms with E-state index in [4.69, 9.17) is 10.5 Å². The lowest BCUT2D eigenvalue weighted by Gasteiger charge is -2.21. The van der Waals surface area contributed by atoms with E-state index in [1.165, 1.54) is 6.21 Å². The van der Waals surface area contributed by atoms with E-state index in [1.54, 1.807) is 12.5 Å². The molecule has 0 atom stereocenters. The Labute approximate surface area is 128 Å². The van der Waals surface area contributed by atoms with E-state index in [0.29, 0.717) is 11.3 Å². The van der Waals surface area contributed by atoms with E-state index >= 15 is 0 Å². The molecule has 0 heterocycles. The number of nitrogens with one attached hydrogen (secondary N) is 1. The highest BCUT2D eigenvalue weighted by atomic mass is 16.7. The molecule has 0 aliphatic carbocycles. The lowest BCUT2D eigenvalue weighted by Crippen LogP contribution is -2.35. The Morgan fingerprint density at radius 1 is 1.50 bits per heavy atom.